The number of benzene rings is 10. The van der Waals surface area contributed by atoms with Gasteiger partial charge in [-0.15, -0.1) is 0 Å². The molecule has 10 aromatic carbocycles. The van der Waals surface area contributed by atoms with Gasteiger partial charge >= 0.3 is 0 Å². The van der Waals surface area contributed by atoms with Crippen LogP contribution in [0.5, 0.6) is 0 Å². The van der Waals surface area contributed by atoms with E-state index >= 15 is 0 Å². The second-order valence-corrected chi connectivity index (χ2v) is 17.6. The maximum absolute atomic E-state index is 5.15. The van der Waals surface area contributed by atoms with Crippen LogP contribution in [0.1, 0.15) is 0 Å². The minimum Gasteiger partial charge on any atom is -0.309 e. The number of rotatable bonds is 8. The smallest absolute Gasteiger partial charge is 0.0715 e. The summed E-state index contributed by atoms with van der Waals surface area (Å²) in [7, 11) is 0. The van der Waals surface area contributed by atoms with E-state index in [1.165, 1.54) is 77.0 Å². The van der Waals surface area contributed by atoms with E-state index in [0.29, 0.717) is 0 Å². The third-order valence-corrected chi connectivity index (χ3v) is 13.5. The van der Waals surface area contributed by atoms with Crippen molar-refractivity contribution in [3.63, 3.8) is 0 Å². The molecule has 3 heterocycles. The molecule has 0 N–H and O–H groups in total. The highest BCUT2D eigenvalue weighted by Crippen LogP contribution is 2.40. The molecule has 0 aliphatic carbocycles. The molecule has 0 bridgehead atoms. The van der Waals surface area contributed by atoms with Gasteiger partial charge in [0.25, 0.3) is 0 Å². The predicted molar refractivity (Wildman–Crippen MR) is 286 cm³/mol. The van der Waals surface area contributed by atoms with E-state index in [0.717, 1.165) is 45.0 Å². The second kappa shape index (κ2) is 16.4. The zero-order valence-electron chi connectivity index (χ0n) is 37.2. The monoisotopic (exact) mass is 865 g/mol. The highest BCUT2D eigenvalue weighted by atomic mass is 15.0. The van der Waals surface area contributed by atoms with Crippen LogP contribution in [0, 0.1) is 0 Å². The quantitative estimate of drug-likeness (QED) is 0.149. The lowest BCUT2D eigenvalue weighted by atomic mass is 9.99. The lowest BCUT2D eigenvalue weighted by Gasteiger charge is -2.13. The minimum atomic E-state index is 0.954. The molecule has 0 atom stereocenters. The molecule has 3 heteroatoms. The Balaban J connectivity index is 0.871. The van der Waals surface area contributed by atoms with E-state index in [9.17, 15) is 0 Å². The summed E-state index contributed by atoms with van der Waals surface area (Å²) < 4.78 is 4.82. The molecule has 13 rings (SSSR count). The van der Waals surface area contributed by atoms with Gasteiger partial charge in [0.05, 0.1) is 33.5 Å². The van der Waals surface area contributed by atoms with Crippen molar-refractivity contribution in [3.8, 4) is 78.4 Å². The summed E-state index contributed by atoms with van der Waals surface area (Å²) in [6.07, 6.45) is 0. The maximum atomic E-state index is 5.15. The summed E-state index contributed by atoms with van der Waals surface area (Å²) in [6.45, 7) is 0. The summed E-state index contributed by atoms with van der Waals surface area (Å²) in [5, 5.41) is 4.93. The topological polar surface area (TPSA) is 22.8 Å². The molecule has 0 unspecified atom stereocenters. The van der Waals surface area contributed by atoms with Gasteiger partial charge in [-0.1, -0.05) is 188 Å². The average molecular weight is 866 g/mol. The van der Waals surface area contributed by atoms with E-state index < -0.39 is 0 Å². The van der Waals surface area contributed by atoms with Crippen molar-refractivity contribution in [3.05, 3.63) is 261 Å². The number of hydrogen-bond acceptors (Lipinski definition) is 1. The lowest BCUT2D eigenvalue weighted by Crippen LogP contribution is -1.95. The van der Waals surface area contributed by atoms with Gasteiger partial charge in [-0.2, -0.15) is 0 Å². The van der Waals surface area contributed by atoms with E-state index in [2.05, 4.69) is 270 Å². The molecule has 0 aliphatic rings. The van der Waals surface area contributed by atoms with E-state index in [1.54, 1.807) is 0 Å². The summed E-state index contributed by atoms with van der Waals surface area (Å²) in [5.41, 5.74) is 20.6. The van der Waals surface area contributed by atoms with E-state index in [1.807, 2.05) is 0 Å². The Morgan fingerprint density at radius 1 is 0.206 bits per heavy atom. The third-order valence-electron chi connectivity index (χ3n) is 13.5. The Hall–Kier alpha value is -9.05. The summed E-state index contributed by atoms with van der Waals surface area (Å²) in [4.78, 5) is 5.15. The van der Waals surface area contributed by atoms with Crippen molar-refractivity contribution < 1.29 is 0 Å². The Bertz CT molecular complexity index is 3920. The Labute approximate surface area is 395 Å². The number of pyridine rings is 1. The largest absolute Gasteiger partial charge is 0.309 e. The Kier molecular flexibility index (Phi) is 9.50. The zero-order chi connectivity index (χ0) is 45.0. The van der Waals surface area contributed by atoms with Crippen LogP contribution < -0.4 is 0 Å². The van der Waals surface area contributed by atoms with Gasteiger partial charge in [-0.3, -0.25) is 0 Å². The molecule has 13 aromatic rings. The first-order valence-corrected chi connectivity index (χ1v) is 23.3. The lowest BCUT2D eigenvalue weighted by molar-refractivity contribution is 1.18. The number of nitrogens with zero attached hydrogens (tertiary/aromatic N) is 3. The molecule has 0 saturated heterocycles. The highest BCUT2D eigenvalue weighted by molar-refractivity contribution is 6.12. The summed E-state index contributed by atoms with van der Waals surface area (Å²) >= 11 is 0. The van der Waals surface area contributed by atoms with Gasteiger partial charge in [-0.05, 0) is 117 Å². The van der Waals surface area contributed by atoms with Crippen LogP contribution in [0.15, 0.2) is 261 Å². The summed E-state index contributed by atoms with van der Waals surface area (Å²) in [6, 6.07) is 94.2. The molecule has 3 nitrogen and oxygen atoms in total. The molecule has 3 aromatic heterocycles. The SMILES string of the molecule is c1ccc(-c2ccc(-c3ccc(-n4c5ccccc5c5cc(-c6ccc7c(c6)c6ccccc6n7-c6cccc(-c7cc(-c8ccccc8)nc(-c8ccccc8)c7)c6)ccc54)cc3)cc2)cc1. The van der Waals surface area contributed by atoms with Crippen molar-refractivity contribution in [2.45, 2.75) is 0 Å². The van der Waals surface area contributed by atoms with Gasteiger partial charge in [0, 0.05) is 44.0 Å². The Morgan fingerprint density at radius 3 is 1.09 bits per heavy atom. The molecular formula is C65H43N3. The molecule has 0 aliphatic heterocycles. The fourth-order valence-electron chi connectivity index (χ4n) is 10.2. The minimum absolute atomic E-state index is 0.954. The van der Waals surface area contributed by atoms with Crippen LogP contribution >= 0.6 is 0 Å². The van der Waals surface area contributed by atoms with Crippen molar-refractivity contribution in [2.75, 3.05) is 0 Å². The van der Waals surface area contributed by atoms with Gasteiger partial charge in [0.1, 0.15) is 0 Å². The average Bonchev–Trinajstić information content (AvgIpc) is 3.94. The highest BCUT2D eigenvalue weighted by Gasteiger charge is 2.17. The van der Waals surface area contributed by atoms with Crippen molar-refractivity contribution >= 4 is 43.6 Å². The van der Waals surface area contributed by atoms with Crippen molar-refractivity contribution in [2.24, 2.45) is 0 Å². The molecule has 318 valence electrons. The van der Waals surface area contributed by atoms with Gasteiger partial charge < -0.3 is 9.13 Å². The standard InChI is InChI=1S/C65H43N3/c1-4-15-44(16-5-1)45-27-29-46(30-28-45)47-31-35-54(36-32-47)67-62-25-12-10-23-56(62)58-40-51(33-37-64(58)67)52-34-38-65-59(41-52)57-24-11-13-26-63(57)68(65)55-22-14-21-50(39-55)53-42-60(48-17-6-2-7-18-48)66-61(43-53)49-19-8-3-9-20-49/h1-43H. The fraction of sp³-hybridized carbons (Fsp3) is 0. The second-order valence-electron chi connectivity index (χ2n) is 17.6. The number of para-hydroxylation sites is 2. The van der Waals surface area contributed by atoms with Gasteiger partial charge in [-0.25, -0.2) is 4.98 Å². The predicted octanol–water partition coefficient (Wildman–Crippen LogP) is 17.3. The Morgan fingerprint density at radius 2 is 0.574 bits per heavy atom. The van der Waals surface area contributed by atoms with Crippen LogP contribution in [0.2, 0.25) is 0 Å². The normalized spacial score (nSPS) is 11.5. The van der Waals surface area contributed by atoms with Gasteiger partial charge in [0.2, 0.25) is 0 Å². The first-order valence-electron chi connectivity index (χ1n) is 23.3. The molecule has 0 fully saturated rings. The first-order chi connectivity index (χ1) is 33.7. The molecular weight excluding hydrogens is 823 g/mol. The van der Waals surface area contributed by atoms with Crippen molar-refractivity contribution in [1.82, 2.24) is 14.1 Å². The molecule has 68 heavy (non-hydrogen) atoms. The first kappa shape index (κ1) is 39.3. The third kappa shape index (κ3) is 6.88. The van der Waals surface area contributed by atoms with Crippen LogP contribution in [0.3, 0.4) is 0 Å². The molecule has 0 saturated carbocycles. The van der Waals surface area contributed by atoms with Crippen LogP contribution in [0.25, 0.3) is 122 Å². The maximum Gasteiger partial charge on any atom is 0.0715 e. The molecule has 0 radical (unpaired) electrons. The van der Waals surface area contributed by atoms with Crippen LogP contribution in [0.4, 0.5) is 0 Å². The molecule has 0 spiro atoms. The van der Waals surface area contributed by atoms with Gasteiger partial charge in [0.15, 0.2) is 0 Å². The number of hydrogen-bond donors (Lipinski definition) is 0. The van der Waals surface area contributed by atoms with E-state index in [4.69, 9.17) is 4.98 Å². The van der Waals surface area contributed by atoms with Crippen LogP contribution in [-0.4, -0.2) is 14.1 Å². The molecule has 0 amide bonds. The fourth-order valence-corrected chi connectivity index (χ4v) is 10.2. The zero-order valence-corrected chi connectivity index (χ0v) is 37.2. The van der Waals surface area contributed by atoms with E-state index in [-0.39, 0.29) is 0 Å². The summed E-state index contributed by atoms with van der Waals surface area (Å²) in [5.74, 6) is 0. The number of fused-ring (bicyclic) bond motifs is 6. The van der Waals surface area contributed by atoms with Crippen molar-refractivity contribution in [1.29, 1.82) is 0 Å². The number of aromatic nitrogens is 3. The van der Waals surface area contributed by atoms with Crippen LogP contribution in [-0.2, 0) is 0 Å².